The van der Waals surface area contributed by atoms with E-state index in [0.29, 0.717) is 0 Å². The number of hydrogen-bond acceptors (Lipinski definition) is 5. The molecule has 0 unspecified atom stereocenters. The molecule has 178 valence electrons. The largest absolute Gasteiger partial charge is 0.369 e. The zero-order chi connectivity index (χ0) is 24.2. The molecule has 6 rings (SSSR count). The Kier molecular flexibility index (Phi) is 5.11. The van der Waals surface area contributed by atoms with Crippen molar-refractivity contribution in [3.8, 4) is 22.4 Å². The minimum atomic E-state index is -0.0463. The van der Waals surface area contributed by atoms with Crippen molar-refractivity contribution < 1.29 is 0 Å². The normalized spacial score (nSPS) is 15.4. The van der Waals surface area contributed by atoms with Crippen LogP contribution in [0.25, 0.3) is 44.6 Å². The number of fused-ring (bicyclic) bond motifs is 2. The van der Waals surface area contributed by atoms with Crippen molar-refractivity contribution in [2.24, 2.45) is 0 Å². The number of benzene rings is 2. The SMILES string of the molecule is CN1CCN(c2cccc(-c3cnc4[nH]cc(-c5ccc6ncn(C(C)(C)C)c6c5)c4n3)c2)CC1. The Balaban J connectivity index is 1.40. The van der Waals surface area contributed by atoms with Crippen molar-refractivity contribution in [1.82, 2.24) is 29.4 Å². The van der Waals surface area contributed by atoms with Gasteiger partial charge < -0.3 is 19.4 Å². The molecule has 1 saturated heterocycles. The first-order valence-electron chi connectivity index (χ1n) is 12.2. The Morgan fingerprint density at radius 2 is 1.74 bits per heavy atom. The molecule has 0 bridgehead atoms. The fourth-order valence-corrected chi connectivity index (χ4v) is 4.89. The molecule has 0 saturated carbocycles. The van der Waals surface area contributed by atoms with Gasteiger partial charge in [0.15, 0.2) is 5.65 Å². The molecule has 0 atom stereocenters. The molecular formula is C28H31N7. The first-order chi connectivity index (χ1) is 16.9. The monoisotopic (exact) mass is 465 g/mol. The highest BCUT2D eigenvalue weighted by molar-refractivity contribution is 5.94. The molecule has 2 aromatic carbocycles. The van der Waals surface area contributed by atoms with Crippen LogP contribution < -0.4 is 4.90 Å². The number of aromatic amines is 1. The molecule has 5 aromatic rings. The van der Waals surface area contributed by atoms with E-state index < -0.39 is 0 Å². The van der Waals surface area contributed by atoms with Crippen LogP contribution in [0.3, 0.4) is 0 Å². The van der Waals surface area contributed by atoms with Gasteiger partial charge in [0.2, 0.25) is 0 Å². The zero-order valence-corrected chi connectivity index (χ0v) is 20.8. The van der Waals surface area contributed by atoms with Crippen molar-refractivity contribution in [3.63, 3.8) is 0 Å². The maximum Gasteiger partial charge on any atom is 0.156 e. The van der Waals surface area contributed by atoms with Gasteiger partial charge in [0.1, 0.15) is 5.52 Å². The van der Waals surface area contributed by atoms with Gasteiger partial charge in [-0.1, -0.05) is 18.2 Å². The Hall–Kier alpha value is -3.71. The average molecular weight is 466 g/mol. The van der Waals surface area contributed by atoms with E-state index in [-0.39, 0.29) is 5.54 Å². The molecule has 7 nitrogen and oxygen atoms in total. The van der Waals surface area contributed by atoms with Crippen LogP contribution >= 0.6 is 0 Å². The van der Waals surface area contributed by atoms with Crippen LogP contribution in [-0.4, -0.2) is 62.6 Å². The highest BCUT2D eigenvalue weighted by Crippen LogP contribution is 2.32. The molecule has 1 aliphatic heterocycles. The molecule has 0 aliphatic carbocycles. The number of anilines is 1. The number of rotatable bonds is 3. The summed E-state index contributed by atoms with van der Waals surface area (Å²) >= 11 is 0. The van der Waals surface area contributed by atoms with E-state index in [0.717, 1.165) is 70.8 Å². The summed E-state index contributed by atoms with van der Waals surface area (Å²) in [5.74, 6) is 0. The summed E-state index contributed by atoms with van der Waals surface area (Å²) in [6.45, 7) is 10.8. The molecule has 1 fully saturated rings. The number of H-pyrrole nitrogens is 1. The van der Waals surface area contributed by atoms with E-state index in [4.69, 9.17) is 9.97 Å². The molecule has 0 radical (unpaired) electrons. The standard InChI is InChI=1S/C28H31N7/c1-28(2,3)35-18-31-23-9-8-19(15-25(23)35)22-16-29-27-26(22)32-24(17-30-27)20-6-5-7-21(14-20)34-12-10-33(4)11-13-34/h5-9,14-18H,10-13H2,1-4H3,(H,29,30). The van der Waals surface area contributed by atoms with Gasteiger partial charge in [-0.15, -0.1) is 0 Å². The van der Waals surface area contributed by atoms with Gasteiger partial charge in [-0.3, -0.25) is 0 Å². The average Bonchev–Trinajstić information content (AvgIpc) is 3.48. The first-order valence-corrected chi connectivity index (χ1v) is 12.2. The summed E-state index contributed by atoms with van der Waals surface area (Å²) in [5, 5.41) is 0. The van der Waals surface area contributed by atoms with Crippen LogP contribution in [0.15, 0.2) is 61.2 Å². The highest BCUT2D eigenvalue weighted by Gasteiger charge is 2.18. The maximum absolute atomic E-state index is 5.08. The summed E-state index contributed by atoms with van der Waals surface area (Å²) in [6, 6.07) is 15.1. The van der Waals surface area contributed by atoms with E-state index in [9.17, 15) is 0 Å². The van der Waals surface area contributed by atoms with Crippen LogP contribution in [0.2, 0.25) is 0 Å². The quantitative estimate of drug-likeness (QED) is 0.399. The Morgan fingerprint density at radius 3 is 2.54 bits per heavy atom. The molecule has 1 N–H and O–H groups in total. The predicted octanol–water partition coefficient (Wildman–Crippen LogP) is 5.15. The maximum atomic E-state index is 5.08. The molecule has 7 heteroatoms. The van der Waals surface area contributed by atoms with Crippen LogP contribution in [0.1, 0.15) is 20.8 Å². The van der Waals surface area contributed by atoms with Gasteiger partial charge in [0.25, 0.3) is 0 Å². The number of piperazine rings is 1. The second-order valence-corrected chi connectivity index (χ2v) is 10.5. The summed E-state index contributed by atoms with van der Waals surface area (Å²) in [5.41, 5.74) is 9.11. The Labute approximate surface area is 205 Å². The Morgan fingerprint density at radius 1 is 0.914 bits per heavy atom. The van der Waals surface area contributed by atoms with Crippen LogP contribution in [0.4, 0.5) is 5.69 Å². The van der Waals surface area contributed by atoms with Crippen LogP contribution in [0.5, 0.6) is 0 Å². The summed E-state index contributed by atoms with van der Waals surface area (Å²) in [4.78, 5) is 22.5. The molecule has 4 heterocycles. The molecule has 35 heavy (non-hydrogen) atoms. The third-order valence-electron chi connectivity index (χ3n) is 6.97. The van der Waals surface area contributed by atoms with Crippen molar-refractivity contribution in [2.75, 3.05) is 38.1 Å². The number of imidazole rings is 1. The fourth-order valence-electron chi connectivity index (χ4n) is 4.89. The van der Waals surface area contributed by atoms with Gasteiger partial charge in [-0.2, -0.15) is 0 Å². The molecule has 3 aromatic heterocycles. The van der Waals surface area contributed by atoms with E-state index in [1.165, 1.54) is 5.69 Å². The minimum Gasteiger partial charge on any atom is -0.369 e. The number of hydrogen-bond donors (Lipinski definition) is 1. The second kappa shape index (κ2) is 8.20. The smallest absolute Gasteiger partial charge is 0.156 e. The molecule has 0 spiro atoms. The lowest BCUT2D eigenvalue weighted by molar-refractivity contribution is 0.313. The lowest BCUT2D eigenvalue weighted by Crippen LogP contribution is -2.44. The van der Waals surface area contributed by atoms with Gasteiger partial charge in [-0.25, -0.2) is 15.0 Å². The van der Waals surface area contributed by atoms with Crippen LogP contribution in [0, 0.1) is 0 Å². The first kappa shape index (κ1) is 21.8. The fraction of sp³-hybridized carbons (Fsp3) is 0.321. The van der Waals surface area contributed by atoms with Gasteiger partial charge >= 0.3 is 0 Å². The van der Waals surface area contributed by atoms with Gasteiger partial charge in [0.05, 0.1) is 29.3 Å². The van der Waals surface area contributed by atoms with Gasteiger partial charge in [-0.05, 0) is 57.6 Å². The van der Waals surface area contributed by atoms with E-state index in [1.54, 1.807) is 0 Å². The topological polar surface area (TPSA) is 65.9 Å². The van der Waals surface area contributed by atoms with E-state index in [1.807, 2.05) is 18.7 Å². The molecular weight excluding hydrogens is 434 g/mol. The zero-order valence-electron chi connectivity index (χ0n) is 20.8. The third kappa shape index (κ3) is 3.96. The summed E-state index contributed by atoms with van der Waals surface area (Å²) in [6.07, 6.45) is 5.80. The van der Waals surface area contributed by atoms with Crippen molar-refractivity contribution in [1.29, 1.82) is 0 Å². The number of likely N-dealkylation sites (N-methyl/N-ethyl adjacent to an activating group) is 1. The summed E-state index contributed by atoms with van der Waals surface area (Å²) in [7, 11) is 2.18. The summed E-state index contributed by atoms with van der Waals surface area (Å²) < 4.78 is 2.22. The van der Waals surface area contributed by atoms with E-state index >= 15 is 0 Å². The molecule has 1 aliphatic rings. The lowest BCUT2D eigenvalue weighted by Gasteiger charge is -2.34. The van der Waals surface area contributed by atoms with Crippen molar-refractivity contribution >= 4 is 27.9 Å². The number of aromatic nitrogens is 5. The lowest BCUT2D eigenvalue weighted by atomic mass is 10.1. The number of nitrogens with zero attached hydrogens (tertiary/aromatic N) is 6. The Bertz CT molecular complexity index is 1510. The molecule has 0 amide bonds. The second-order valence-electron chi connectivity index (χ2n) is 10.5. The minimum absolute atomic E-state index is 0.0463. The highest BCUT2D eigenvalue weighted by atomic mass is 15.2. The predicted molar refractivity (Wildman–Crippen MR) is 143 cm³/mol. The van der Waals surface area contributed by atoms with Crippen molar-refractivity contribution in [3.05, 3.63) is 61.2 Å². The number of nitrogens with one attached hydrogen (secondary N) is 1. The third-order valence-corrected chi connectivity index (χ3v) is 6.97. The van der Waals surface area contributed by atoms with E-state index in [2.05, 4.69) is 94.6 Å². The van der Waals surface area contributed by atoms with Crippen molar-refractivity contribution in [2.45, 2.75) is 26.3 Å². The van der Waals surface area contributed by atoms with Gasteiger partial charge in [0, 0.05) is 54.7 Å². The van der Waals surface area contributed by atoms with Crippen LogP contribution in [-0.2, 0) is 5.54 Å².